The average Bonchev–Trinajstić information content (AvgIpc) is 2.43. The highest BCUT2D eigenvalue weighted by molar-refractivity contribution is 9.10. The number of rotatable bonds is 5. The van der Waals surface area contributed by atoms with Crippen molar-refractivity contribution in [3.05, 3.63) is 62.5 Å². The highest BCUT2D eigenvalue weighted by Crippen LogP contribution is 2.28. The Morgan fingerprint density at radius 1 is 1.10 bits per heavy atom. The van der Waals surface area contributed by atoms with Crippen LogP contribution in [0.4, 0.5) is 0 Å². The summed E-state index contributed by atoms with van der Waals surface area (Å²) in [6.07, 6.45) is 0. The van der Waals surface area contributed by atoms with E-state index >= 15 is 0 Å². The molecule has 0 radical (unpaired) electrons. The summed E-state index contributed by atoms with van der Waals surface area (Å²) in [6, 6.07) is 12.8. The van der Waals surface area contributed by atoms with E-state index in [0.29, 0.717) is 16.7 Å². The first-order valence-electron chi connectivity index (χ1n) is 6.04. The van der Waals surface area contributed by atoms with Crippen molar-refractivity contribution in [2.45, 2.75) is 5.92 Å². The normalized spacial score (nSPS) is 12.2. The van der Waals surface area contributed by atoms with Gasteiger partial charge in [0.1, 0.15) is 5.75 Å². The molecule has 0 aliphatic heterocycles. The Kier molecular flexibility index (Phi) is 5.73. The third-order valence-corrected chi connectivity index (χ3v) is 3.98. The van der Waals surface area contributed by atoms with Gasteiger partial charge in [-0.1, -0.05) is 45.2 Å². The van der Waals surface area contributed by atoms with Crippen LogP contribution in [0.5, 0.6) is 5.75 Å². The molecule has 0 aliphatic carbocycles. The van der Waals surface area contributed by atoms with Crippen LogP contribution in [-0.2, 0) is 0 Å². The molecule has 0 heterocycles. The lowest BCUT2D eigenvalue weighted by atomic mass is 10.0. The molecule has 2 aromatic rings. The molecule has 0 saturated carbocycles. The summed E-state index contributed by atoms with van der Waals surface area (Å²) < 4.78 is 6.67. The SMILES string of the molecule is OC[C@@H](COc1ccc(Br)cc1)c1ccc(Cl)cc1Cl. The van der Waals surface area contributed by atoms with Gasteiger partial charge in [-0.15, -0.1) is 0 Å². The van der Waals surface area contributed by atoms with Gasteiger partial charge in [-0.25, -0.2) is 0 Å². The maximum atomic E-state index is 9.52. The number of hydrogen-bond acceptors (Lipinski definition) is 2. The summed E-state index contributed by atoms with van der Waals surface area (Å²) in [7, 11) is 0. The maximum absolute atomic E-state index is 9.52. The molecule has 0 fully saturated rings. The van der Waals surface area contributed by atoms with Gasteiger partial charge in [0.15, 0.2) is 0 Å². The van der Waals surface area contributed by atoms with Gasteiger partial charge in [0.25, 0.3) is 0 Å². The van der Waals surface area contributed by atoms with E-state index in [9.17, 15) is 5.11 Å². The van der Waals surface area contributed by atoms with Crippen molar-refractivity contribution in [3.8, 4) is 5.75 Å². The standard InChI is InChI=1S/C15H13BrCl2O2/c16-11-1-4-13(5-2-11)20-9-10(8-19)14-6-3-12(17)7-15(14)18/h1-7,10,19H,8-9H2/t10-/m0/s1. The monoisotopic (exact) mass is 374 g/mol. The van der Waals surface area contributed by atoms with Crippen molar-refractivity contribution < 1.29 is 9.84 Å². The molecule has 1 N–H and O–H groups in total. The highest BCUT2D eigenvalue weighted by Gasteiger charge is 2.15. The quantitative estimate of drug-likeness (QED) is 0.804. The zero-order chi connectivity index (χ0) is 14.5. The fraction of sp³-hybridized carbons (Fsp3) is 0.200. The first-order chi connectivity index (χ1) is 9.60. The molecule has 106 valence electrons. The molecule has 20 heavy (non-hydrogen) atoms. The van der Waals surface area contributed by atoms with Crippen LogP contribution in [-0.4, -0.2) is 18.3 Å². The highest BCUT2D eigenvalue weighted by atomic mass is 79.9. The van der Waals surface area contributed by atoms with Gasteiger partial charge >= 0.3 is 0 Å². The molecule has 1 atom stereocenters. The van der Waals surface area contributed by atoms with Gasteiger partial charge in [0.05, 0.1) is 13.2 Å². The number of aliphatic hydroxyl groups excluding tert-OH is 1. The fourth-order valence-electron chi connectivity index (χ4n) is 1.80. The number of halogens is 3. The van der Waals surface area contributed by atoms with E-state index in [1.165, 1.54) is 0 Å². The van der Waals surface area contributed by atoms with E-state index in [4.69, 9.17) is 27.9 Å². The van der Waals surface area contributed by atoms with Crippen molar-refractivity contribution >= 4 is 39.1 Å². The summed E-state index contributed by atoms with van der Waals surface area (Å²) in [4.78, 5) is 0. The summed E-state index contributed by atoms with van der Waals surface area (Å²) >= 11 is 15.4. The second-order valence-electron chi connectivity index (χ2n) is 4.31. The molecule has 2 rings (SSSR count). The Bertz CT molecular complexity index is 573. The topological polar surface area (TPSA) is 29.5 Å². The molecular weight excluding hydrogens is 363 g/mol. The Morgan fingerprint density at radius 2 is 1.80 bits per heavy atom. The Morgan fingerprint density at radius 3 is 2.40 bits per heavy atom. The molecule has 0 saturated heterocycles. The molecule has 2 aromatic carbocycles. The number of aliphatic hydroxyl groups is 1. The molecular formula is C15H13BrCl2O2. The minimum atomic E-state index is -0.191. The van der Waals surface area contributed by atoms with E-state index in [1.54, 1.807) is 12.1 Å². The Hall–Kier alpha value is -0.740. The average molecular weight is 376 g/mol. The van der Waals surface area contributed by atoms with Crippen LogP contribution in [0.15, 0.2) is 46.9 Å². The van der Waals surface area contributed by atoms with Crippen LogP contribution >= 0.6 is 39.1 Å². The predicted molar refractivity (Wildman–Crippen MR) is 85.9 cm³/mol. The second-order valence-corrected chi connectivity index (χ2v) is 6.07. The largest absolute Gasteiger partial charge is 0.493 e. The van der Waals surface area contributed by atoms with Crippen LogP contribution in [0.1, 0.15) is 11.5 Å². The van der Waals surface area contributed by atoms with Gasteiger partial charge in [-0.3, -0.25) is 0 Å². The molecule has 0 unspecified atom stereocenters. The van der Waals surface area contributed by atoms with Crippen molar-refractivity contribution in [3.63, 3.8) is 0 Å². The number of ether oxygens (including phenoxy) is 1. The van der Waals surface area contributed by atoms with Crippen LogP contribution in [0.25, 0.3) is 0 Å². The first-order valence-corrected chi connectivity index (χ1v) is 7.59. The van der Waals surface area contributed by atoms with Crippen molar-refractivity contribution in [1.82, 2.24) is 0 Å². The second kappa shape index (κ2) is 7.32. The molecule has 0 aromatic heterocycles. The van der Waals surface area contributed by atoms with Crippen LogP contribution in [0.2, 0.25) is 10.0 Å². The van der Waals surface area contributed by atoms with Crippen LogP contribution in [0.3, 0.4) is 0 Å². The first kappa shape index (κ1) is 15.6. The van der Waals surface area contributed by atoms with Gasteiger partial charge in [-0.05, 0) is 42.0 Å². The van der Waals surface area contributed by atoms with E-state index in [-0.39, 0.29) is 12.5 Å². The lowest BCUT2D eigenvalue weighted by Crippen LogP contribution is -2.14. The summed E-state index contributed by atoms with van der Waals surface area (Å²) in [5, 5.41) is 10.6. The van der Waals surface area contributed by atoms with E-state index in [1.807, 2.05) is 30.3 Å². The third-order valence-electron chi connectivity index (χ3n) is 2.89. The van der Waals surface area contributed by atoms with Gasteiger partial charge in [0, 0.05) is 20.4 Å². The number of hydrogen-bond donors (Lipinski definition) is 1. The smallest absolute Gasteiger partial charge is 0.119 e. The fourth-order valence-corrected chi connectivity index (χ4v) is 2.63. The van der Waals surface area contributed by atoms with E-state index in [2.05, 4.69) is 15.9 Å². The number of benzene rings is 2. The van der Waals surface area contributed by atoms with Gasteiger partial charge < -0.3 is 9.84 Å². The molecule has 2 nitrogen and oxygen atoms in total. The van der Waals surface area contributed by atoms with Crippen molar-refractivity contribution in [2.75, 3.05) is 13.2 Å². The lowest BCUT2D eigenvalue weighted by Gasteiger charge is -2.17. The van der Waals surface area contributed by atoms with Crippen molar-refractivity contribution in [2.24, 2.45) is 0 Å². The molecule has 0 bridgehead atoms. The minimum absolute atomic E-state index is 0.0438. The third kappa shape index (κ3) is 4.13. The molecule has 0 amide bonds. The van der Waals surface area contributed by atoms with Gasteiger partial charge in [-0.2, -0.15) is 0 Å². The van der Waals surface area contributed by atoms with E-state index < -0.39 is 0 Å². The molecule has 0 spiro atoms. The zero-order valence-corrected chi connectivity index (χ0v) is 13.6. The molecule has 5 heteroatoms. The molecule has 0 aliphatic rings. The van der Waals surface area contributed by atoms with Gasteiger partial charge in [0.2, 0.25) is 0 Å². The van der Waals surface area contributed by atoms with E-state index in [0.717, 1.165) is 15.8 Å². The van der Waals surface area contributed by atoms with Crippen LogP contribution < -0.4 is 4.74 Å². The maximum Gasteiger partial charge on any atom is 0.119 e. The van der Waals surface area contributed by atoms with Crippen molar-refractivity contribution in [1.29, 1.82) is 0 Å². The summed E-state index contributed by atoms with van der Waals surface area (Å²) in [5.74, 6) is 0.556. The lowest BCUT2D eigenvalue weighted by molar-refractivity contribution is 0.205. The van der Waals surface area contributed by atoms with Crippen LogP contribution in [0, 0.1) is 0 Å². The predicted octanol–water partition coefficient (Wildman–Crippen LogP) is 4.91. The summed E-state index contributed by atoms with van der Waals surface area (Å²) in [5.41, 5.74) is 0.829. The Balaban J connectivity index is 2.07. The Labute approximate surface area is 136 Å². The minimum Gasteiger partial charge on any atom is -0.493 e. The summed E-state index contributed by atoms with van der Waals surface area (Å²) in [6.45, 7) is 0.303. The zero-order valence-electron chi connectivity index (χ0n) is 10.5.